The van der Waals surface area contributed by atoms with Gasteiger partial charge in [-0.15, -0.1) is 0 Å². The van der Waals surface area contributed by atoms with Crippen LogP contribution in [0.25, 0.3) is 10.4 Å². The summed E-state index contributed by atoms with van der Waals surface area (Å²) in [7, 11) is 0. The van der Waals surface area contributed by atoms with E-state index in [0.717, 1.165) is 0 Å². The van der Waals surface area contributed by atoms with E-state index >= 15 is 0 Å². The Morgan fingerprint density at radius 1 is 1.55 bits per heavy atom. The average Bonchev–Trinajstić information content (AvgIpc) is 1.98. The second-order valence-corrected chi connectivity index (χ2v) is 1.93. The van der Waals surface area contributed by atoms with Gasteiger partial charge in [-0.3, -0.25) is 0 Å². The minimum Gasteiger partial charge on any atom is -0.506 e. The fraction of sp³-hybridized carbons (Fsp3) is 0. The number of azide groups is 1. The summed E-state index contributed by atoms with van der Waals surface area (Å²) in [6, 6.07) is 4.29. The Labute approximate surface area is 62.7 Å². The summed E-state index contributed by atoms with van der Waals surface area (Å²) in [5, 5.41) is 12.3. The van der Waals surface area contributed by atoms with E-state index in [1.807, 2.05) is 0 Å². The van der Waals surface area contributed by atoms with E-state index in [9.17, 15) is 0 Å². The predicted octanol–water partition coefficient (Wildman–Crippen LogP) is 1.92. The van der Waals surface area contributed by atoms with Crippen LogP contribution >= 0.6 is 0 Å². The largest absolute Gasteiger partial charge is 0.506 e. The molecule has 0 fully saturated rings. The van der Waals surface area contributed by atoms with Gasteiger partial charge in [-0.05, 0) is 17.7 Å². The second-order valence-electron chi connectivity index (χ2n) is 1.93. The molecule has 5 nitrogen and oxygen atoms in total. The van der Waals surface area contributed by atoms with Crippen molar-refractivity contribution in [3.63, 3.8) is 0 Å². The quantitative estimate of drug-likeness (QED) is 0.210. The van der Waals surface area contributed by atoms with E-state index in [1.54, 1.807) is 0 Å². The molecule has 3 N–H and O–H groups in total. The van der Waals surface area contributed by atoms with Crippen LogP contribution in [0.3, 0.4) is 0 Å². The monoisotopic (exact) mass is 150 g/mol. The smallest absolute Gasteiger partial charge is 0.138 e. The maximum Gasteiger partial charge on any atom is 0.138 e. The first kappa shape index (κ1) is 7.24. The van der Waals surface area contributed by atoms with Crippen molar-refractivity contribution >= 4 is 11.4 Å². The van der Waals surface area contributed by atoms with Crippen molar-refractivity contribution < 1.29 is 5.11 Å². The molecule has 0 atom stereocenters. The molecule has 0 radical (unpaired) electrons. The highest BCUT2D eigenvalue weighted by Gasteiger charge is 1.95. The van der Waals surface area contributed by atoms with Crippen LogP contribution in [0.15, 0.2) is 23.3 Å². The van der Waals surface area contributed by atoms with Gasteiger partial charge in [0.15, 0.2) is 0 Å². The molecule has 5 heteroatoms. The van der Waals surface area contributed by atoms with Gasteiger partial charge in [-0.1, -0.05) is 11.2 Å². The highest BCUT2D eigenvalue weighted by atomic mass is 16.3. The summed E-state index contributed by atoms with van der Waals surface area (Å²) in [6.45, 7) is 0. The van der Waals surface area contributed by atoms with Crippen molar-refractivity contribution in [2.45, 2.75) is 0 Å². The van der Waals surface area contributed by atoms with Gasteiger partial charge in [0.05, 0.1) is 5.69 Å². The lowest BCUT2D eigenvalue weighted by Crippen LogP contribution is -1.82. The molecule has 1 rings (SSSR count). The fourth-order valence-electron chi connectivity index (χ4n) is 0.646. The number of phenols is 1. The number of nitrogen functional groups attached to an aromatic ring is 1. The van der Waals surface area contributed by atoms with Crippen LogP contribution < -0.4 is 5.73 Å². The van der Waals surface area contributed by atoms with E-state index < -0.39 is 0 Å². The molecule has 0 saturated carbocycles. The Bertz CT molecular complexity index is 316. The number of benzene rings is 1. The maximum atomic E-state index is 9.02. The Morgan fingerprint density at radius 2 is 2.27 bits per heavy atom. The summed E-state index contributed by atoms with van der Waals surface area (Å²) in [6.07, 6.45) is 0. The zero-order valence-electron chi connectivity index (χ0n) is 5.60. The molecule has 0 bridgehead atoms. The highest BCUT2D eigenvalue weighted by Crippen LogP contribution is 2.25. The molecule has 1 aromatic rings. The van der Waals surface area contributed by atoms with Gasteiger partial charge in [-0.25, -0.2) is 0 Å². The third-order valence-electron chi connectivity index (χ3n) is 1.17. The van der Waals surface area contributed by atoms with Crippen molar-refractivity contribution in [1.29, 1.82) is 0 Å². The van der Waals surface area contributed by atoms with E-state index in [-0.39, 0.29) is 11.4 Å². The minimum atomic E-state index is -0.0742. The molecule has 0 aromatic heterocycles. The first-order valence-electron chi connectivity index (χ1n) is 2.87. The third kappa shape index (κ3) is 1.53. The van der Waals surface area contributed by atoms with Gasteiger partial charge in [0, 0.05) is 10.6 Å². The first-order valence-corrected chi connectivity index (χ1v) is 2.87. The molecule has 11 heavy (non-hydrogen) atoms. The second kappa shape index (κ2) is 2.81. The maximum absolute atomic E-state index is 9.02. The van der Waals surface area contributed by atoms with E-state index in [2.05, 4.69) is 10.0 Å². The summed E-state index contributed by atoms with van der Waals surface area (Å²) in [5.41, 5.74) is 13.9. The Kier molecular flexibility index (Phi) is 1.85. The van der Waals surface area contributed by atoms with Crippen LogP contribution in [0.1, 0.15) is 0 Å². The Balaban J connectivity index is 3.14. The van der Waals surface area contributed by atoms with E-state index in [1.165, 1.54) is 18.2 Å². The molecule has 0 spiro atoms. The fourth-order valence-corrected chi connectivity index (χ4v) is 0.646. The third-order valence-corrected chi connectivity index (χ3v) is 1.17. The molecule has 56 valence electrons. The Hall–Kier alpha value is -1.87. The van der Waals surface area contributed by atoms with E-state index in [0.29, 0.717) is 5.69 Å². The Morgan fingerprint density at radius 3 is 2.82 bits per heavy atom. The molecule has 0 aliphatic rings. The number of phenolic OH excluding ortho intramolecular Hbond substituents is 1. The zero-order chi connectivity index (χ0) is 8.27. The van der Waals surface area contributed by atoms with Crippen molar-refractivity contribution in [3.8, 4) is 5.75 Å². The molecule has 0 heterocycles. The zero-order valence-corrected chi connectivity index (χ0v) is 5.60. The predicted molar refractivity (Wildman–Crippen MR) is 41.3 cm³/mol. The summed E-state index contributed by atoms with van der Waals surface area (Å²) < 4.78 is 0. The lowest BCUT2D eigenvalue weighted by molar-refractivity contribution is 0.478. The van der Waals surface area contributed by atoms with Crippen molar-refractivity contribution in [2.75, 3.05) is 5.73 Å². The topological polar surface area (TPSA) is 95.0 Å². The van der Waals surface area contributed by atoms with Crippen LogP contribution in [0.5, 0.6) is 5.75 Å². The molecule has 0 amide bonds. The van der Waals surface area contributed by atoms with Crippen molar-refractivity contribution in [3.05, 3.63) is 28.6 Å². The van der Waals surface area contributed by atoms with Crippen LogP contribution in [0, 0.1) is 0 Å². The molecule has 1 aromatic carbocycles. The van der Waals surface area contributed by atoms with Crippen LogP contribution in [0.4, 0.5) is 11.4 Å². The average molecular weight is 150 g/mol. The molecule has 0 saturated heterocycles. The molecule has 0 unspecified atom stereocenters. The van der Waals surface area contributed by atoms with Gasteiger partial charge in [0.1, 0.15) is 5.75 Å². The number of hydrogen-bond donors (Lipinski definition) is 2. The number of nitrogens with zero attached hydrogens (tertiary/aromatic N) is 3. The van der Waals surface area contributed by atoms with Gasteiger partial charge in [0.25, 0.3) is 0 Å². The number of aromatic hydroxyl groups is 1. The number of nitrogens with two attached hydrogens (primary N) is 1. The molecular formula is C6H6N4O. The molecule has 0 aliphatic carbocycles. The van der Waals surface area contributed by atoms with Gasteiger partial charge in [-0.2, -0.15) is 0 Å². The lowest BCUT2D eigenvalue weighted by Gasteiger charge is -1.97. The van der Waals surface area contributed by atoms with Crippen LogP contribution in [-0.2, 0) is 0 Å². The number of hydrogen-bond acceptors (Lipinski definition) is 3. The van der Waals surface area contributed by atoms with Crippen molar-refractivity contribution in [2.24, 2.45) is 5.11 Å². The van der Waals surface area contributed by atoms with Crippen LogP contribution in [0.2, 0.25) is 0 Å². The SMILES string of the molecule is [N-]=[N+]=Nc1ccc(N)c(O)c1. The standard InChI is InChI=1S/C6H6N4O/c7-5-2-1-4(9-10-8)3-6(5)11/h1-3,11H,7H2. The summed E-state index contributed by atoms with van der Waals surface area (Å²) in [4.78, 5) is 2.55. The summed E-state index contributed by atoms with van der Waals surface area (Å²) in [5.74, 6) is -0.0742. The minimum absolute atomic E-state index is 0.0742. The van der Waals surface area contributed by atoms with Gasteiger partial charge >= 0.3 is 0 Å². The first-order chi connectivity index (χ1) is 5.24. The van der Waals surface area contributed by atoms with Crippen LogP contribution in [-0.4, -0.2) is 5.11 Å². The van der Waals surface area contributed by atoms with Gasteiger partial charge < -0.3 is 10.8 Å². The lowest BCUT2D eigenvalue weighted by atomic mass is 10.3. The molecule has 0 aliphatic heterocycles. The highest BCUT2D eigenvalue weighted by molar-refractivity contribution is 5.58. The summed E-state index contributed by atoms with van der Waals surface area (Å²) >= 11 is 0. The van der Waals surface area contributed by atoms with Crippen molar-refractivity contribution in [1.82, 2.24) is 0 Å². The number of anilines is 1. The number of rotatable bonds is 1. The van der Waals surface area contributed by atoms with E-state index in [4.69, 9.17) is 16.4 Å². The molecular weight excluding hydrogens is 144 g/mol. The van der Waals surface area contributed by atoms with Gasteiger partial charge in [0.2, 0.25) is 0 Å². The normalized spacial score (nSPS) is 8.73.